The first-order valence-electron chi connectivity index (χ1n) is 11.3. The Kier molecular flexibility index (Phi) is 5.56. The summed E-state index contributed by atoms with van der Waals surface area (Å²) in [5.41, 5.74) is 3.95. The Morgan fingerprint density at radius 2 is 1.97 bits per heavy atom. The lowest BCUT2D eigenvalue weighted by Gasteiger charge is -2.41. The molecule has 2 aromatic rings. The molecular formula is C25H30ClN3O3. The standard InChI is InChI=1S/C25H30ClN3O3/c1-16-3-5-20(27-17(2)30)21(11-16)29-14-22(23(31)15-29)28-9-7-25(8-10-28)13-18-12-19(26)4-6-24(18)32-25/h3-6,11-12,22-23,31H,7-10,13-15H2,1-2H3,(H,27,30). The highest BCUT2D eigenvalue weighted by Gasteiger charge is 2.45. The number of nitrogens with zero attached hydrogens (tertiary/aromatic N) is 2. The number of fused-ring (bicyclic) bond motifs is 1. The zero-order valence-electron chi connectivity index (χ0n) is 18.6. The average molecular weight is 456 g/mol. The van der Waals surface area contributed by atoms with Crippen LogP contribution in [0.25, 0.3) is 0 Å². The van der Waals surface area contributed by atoms with E-state index in [9.17, 15) is 9.90 Å². The van der Waals surface area contributed by atoms with Gasteiger partial charge >= 0.3 is 0 Å². The van der Waals surface area contributed by atoms with Gasteiger partial charge in [0.1, 0.15) is 11.4 Å². The first-order valence-corrected chi connectivity index (χ1v) is 11.7. The van der Waals surface area contributed by atoms with Crippen LogP contribution in [-0.2, 0) is 11.2 Å². The van der Waals surface area contributed by atoms with Gasteiger partial charge in [-0.05, 0) is 48.4 Å². The zero-order chi connectivity index (χ0) is 22.5. The SMILES string of the molecule is CC(=O)Nc1ccc(C)cc1N1CC(O)C(N2CCC3(CC2)Cc2cc(Cl)ccc2O3)C1. The number of halogens is 1. The van der Waals surface area contributed by atoms with E-state index in [1.54, 1.807) is 0 Å². The summed E-state index contributed by atoms with van der Waals surface area (Å²) in [5, 5.41) is 14.6. The van der Waals surface area contributed by atoms with Crippen molar-refractivity contribution >= 4 is 28.9 Å². The van der Waals surface area contributed by atoms with Crippen molar-refractivity contribution in [1.82, 2.24) is 4.90 Å². The van der Waals surface area contributed by atoms with Crippen LogP contribution >= 0.6 is 11.6 Å². The lowest BCUT2D eigenvalue weighted by Crippen LogP contribution is -2.53. The van der Waals surface area contributed by atoms with Crippen molar-refractivity contribution < 1.29 is 14.6 Å². The quantitative estimate of drug-likeness (QED) is 0.740. The number of ether oxygens (including phenoxy) is 1. The normalized spacial score (nSPS) is 24.4. The van der Waals surface area contributed by atoms with Gasteiger partial charge in [-0.1, -0.05) is 17.7 Å². The lowest BCUT2D eigenvalue weighted by atomic mass is 9.86. The van der Waals surface area contributed by atoms with Crippen LogP contribution < -0.4 is 15.0 Å². The maximum Gasteiger partial charge on any atom is 0.221 e. The number of aryl methyl sites for hydroxylation is 1. The number of β-amino-alcohol motifs (C(OH)–C–C–N with tert-alkyl or cyclic N) is 1. The Balaban J connectivity index is 1.26. The summed E-state index contributed by atoms with van der Waals surface area (Å²) < 4.78 is 6.39. The lowest BCUT2D eigenvalue weighted by molar-refractivity contribution is -0.114. The van der Waals surface area contributed by atoms with Gasteiger partial charge in [0.15, 0.2) is 0 Å². The predicted molar refractivity (Wildman–Crippen MR) is 127 cm³/mol. The molecular weight excluding hydrogens is 426 g/mol. The molecule has 3 heterocycles. The van der Waals surface area contributed by atoms with E-state index in [4.69, 9.17) is 16.3 Å². The molecule has 32 heavy (non-hydrogen) atoms. The number of nitrogens with one attached hydrogen (secondary N) is 1. The summed E-state index contributed by atoms with van der Waals surface area (Å²) in [6.45, 7) is 6.64. The molecule has 0 bridgehead atoms. The number of rotatable bonds is 3. The van der Waals surface area contributed by atoms with E-state index >= 15 is 0 Å². The van der Waals surface area contributed by atoms with Gasteiger partial charge in [0.25, 0.3) is 0 Å². The molecule has 1 amide bonds. The van der Waals surface area contributed by atoms with Crippen LogP contribution in [0.15, 0.2) is 36.4 Å². The molecule has 2 atom stereocenters. The molecule has 7 heteroatoms. The minimum atomic E-state index is -0.435. The van der Waals surface area contributed by atoms with E-state index < -0.39 is 6.10 Å². The third kappa shape index (κ3) is 4.07. The summed E-state index contributed by atoms with van der Waals surface area (Å²) in [4.78, 5) is 16.3. The number of amides is 1. The van der Waals surface area contributed by atoms with Crippen LogP contribution in [0, 0.1) is 6.92 Å². The molecule has 2 fully saturated rings. The average Bonchev–Trinajstić information content (AvgIpc) is 3.29. The number of benzene rings is 2. The maximum atomic E-state index is 11.7. The zero-order valence-corrected chi connectivity index (χ0v) is 19.4. The molecule has 2 saturated heterocycles. The Bertz CT molecular complexity index is 1040. The molecule has 2 aromatic carbocycles. The summed E-state index contributed by atoms with van der Waals surface area (Å²) in [7, 11) is 0. The summed E-state index contributed by atoms with van der Waals surface area (Å²) in [6, 6.07) is 12.0. The van der Waals surface area contributed by atoms with Crippen LogP contribution in [0.1, 0.15) is 30.9 Å². The van der Waals surface area contributed by atoms with Gasteiger partial charge in [-0.25, -0.2) is 0 Å². The number of anilines is 2. The summed E-state index contributed by atoms with van der Waals surface area (Å²) >= 11 is 6.17. The molecule has 2 N–H and O–H groups in total. The van der Waals surface area contributed by atoms with Crippen molar-refractivity contribution in [1.29, 1.82) is 0 Å². The van der Waals surface area contributed by atoms with E-state index in [2.05, 4.69) is 21.2 Å². The Morgan fingerprint density at radius 3 is 2.72 bits per heavy atom. The van der Waals surface area contributed by atoms with Crippen molar-refractivity contribution in [2.24, 2.45) is 0 Å². The van der Waals surface area contributed by atoms with Crippen LogP contribution in [0.5, 0.6) is 5.75 Å². The number of likely N-dealkylation sites (tertiary alicyclic amines) is 1. The Hall–Kier alpha value is -2.28. The van der Waals surface area contributed by atoms with Gasteiger partial charge in [-0.15, -0.1) is 0 Å². The maximum absolute atomic E-state index is 11.7. The fraction of sp³-hybridized carbons (Fsp3) is 0.480. The molecule has 2 unspecified atom stereocenters. The summed E-state index contributed by atoms with van der Waals surface area (Å²) in [5.74, 6) is 0.867. The van der Waals surface area contributed by atoms with Crippen molar-refractivity contribution in [3.63, 3.8) is 0 Å². The van der Waals surface area contributed by atoms with Crippen LogP contribution in [0.3, 0.4) is 0 Å². The van der Waals surface area contributed by atoms with E-state index in [-0.39, 0.29) is 17.6 Å². The number of carbonyl (C=O) groups excluding carboxylic acids is 1. The molecule has 6 nitrogen and oxygen atoms in total. The second kappa shape index (κ2) is 8.25. The number of aliphatic hydroxyl groups is 1. The van der Waals surface area contributed by atoms with Gasteiger partial charge in [0.05, 0.1) is 23.5 Å². The number of piperidine rings is 1. The first-order chi connectivity index (χ1) is 15.3. The topological polar surface area (TPSA) is 65.0 Å². The molecule has 170 valence electrons. The first kappa shape index (κ1) is 21.6. The van der Waals surface area contributed by atoms with Crippen LogP contribution in [-0.4, -0.2) is 59.8 Å². The van der Waals surface area contributed by atoms with E-state index in [0.717, 1.165) is 66.6 Å². The third-order valence-electron chi connectivity index (χ3n) is 7.10. The van der Waals surface area contributed by atoms with Gasteiger partial charge < -0.3 is 20.1 Å². The predicted octanol–water partition coefficient (Wildman–Crippen LogP) is 3.63. The second-order valence-corrected chi connectivity index (χ2v) is 9.93. The number of aliphatic hydroxyl groups excluding tert-OH is 1. The van der Waals surface area contributed by atoms with E-state index in [1.807, 2.05) is 37.3 Å². The molecule has 0 aliphatic carbocycles. The highest BCUT2D eigenvalue weighted by Crippen LogP contribution is 2.42. The van der Waals surface area contributed by atoms with Crippen molar-refractivity contribution in [2.45, 2.75) is 50.9 Å². The highest BCUT2D eigenvalue weighted by atomic mass is 35.5. The van der Waals surface area contributed by atoms with Crippen molar-refractivity contribution in [2.75, 3.05) is 36.4 Å². The van der Waals surface area contributed by atoms with Gasteiger partial charge in [0.2, 0.25) is 5.91 Å². The fourth-order valence-corrected chi connectivity index (χ4v) is 5.66. The third-order valence-corrected chi connectivity index (χ3v) is 7.34. The Labute approximate surface area is 194 Å². The van der Waals surface area contributed by atoms with Gasteiger partial charge in [0, 0.05) is 57.4 Å². The van der Waals surface area contributed by atoms with Crippen LogP contribution in [0.2, 0.25) is 5.02 Å². The molecule has 0 radical (unpaired) electrons. The molecule has 1 spiro atoms. The van der Waals surface area contributed by atoms with Crippen LogP contribution in [0.4, 0.5) is 11.4 Å². The molecule has 0 saturated carbocycles. The largest absolute Gasteiger partial charge is 0.487 e. The van der Waals surface area contributed by atoms with E-state index in [1.165, 1.54) is 12.5 Å². The number of carbonyl (C=O) groups is 1. The molecule has 5 rings (SSSR count). The Morgan fingerprint density at radius 1 is 1.19 bits per heavy atom. The number of hydrogen-bond donors (Lipinski definition) is 2. The highest BCUT2D eigenvalue weighted by molar-refractivity contribution is 6.30. The fourth-order valence-electron chi connectivity index (χ4n) is 5.47. The smallest absolute Gasteiger partial charge is 0.221 e. The van der Waals surface area contributed by atoms with Gasteiger partial charge in [-0.2, -0.15) is 0 Å². The summed E-state index contributed by atoms with van der Waals surface area (Å²) in [6.07, 6.45) is 2.34. The second-order valence-electron chi connectivity index (χ2n) is 9.49. The van der Waals surface area contributed by atoms with Crippen molar-refractivity contribution in [3.05, 3.63) is 52.5 Å². The van der Waals surface area contributed by atoms with Gasteiger partial charge in [-0.3, -0.25) is 9.69 Å². The van der Waals surface area contributed by atoms with E-state index in [0.29, 0.717) is 6.54 Å². The minimum Gasteiger partial charge on any atom is -0.487 e. The molecule has 3 aliphatic heterocycles. The minimum absolute atomic E-state index is 0.0660. The molecule has 0 aromatic heterocycles. The number of hydrogen-bond acceptors (Lipinski definition) is 5. The monoisotopic (exact) mass is 455 g/mol. The van der Waals surface area contributed by atoms with Crippen molar-refractivity contribution in [3.8, 4) is 5.75 Å². The molecule has 3 aliphatic rings.